The van der Waals surface area contributed by atoms with Crippen LogP contribution in [0.15, 0.2) is 36.5 Å². The third-order valence-corrected chi connectivity index (χ3v) is 3.99. The fourth-order valence-corrected chi connectivity index (χ4v) is 2.48. The van der Waals surface area contributed by atoms with Crippen molar-refractivity contribution < 1.29 is 4.74 Å². The van der Waals surface area contributed by atoms with Crippen molar-refractivity contribution in [3.63, 3.8) is 0 Å². The maximum atomic E-state index is 6.27. The van der Waals surface area contributed by atoms with Crippen LogP contribution < -0.4 is 10.1 Å². The van der Waals surface area contributed by atoms with Gasteiger partial charge in [-0.15, -0.1) is 0 Å². The van der Waals surface area contributed by atoms with Crippen molar-refractivity contribution in [2.24, 2.45) is 0 Å². The van der Waals surface area contributed by atoms with Gasteiger partial charge in [0.25, 0.3) is 0 Å². The van der Waals surface area contributed by atoms with Gasteiger partial charge in [0.2, 0.25) is 5.88 Å². The second-order valence-corrected chi connectivity index (χ2v) is 5.18. The van der Waals surface area contributed by atoms with E-state index in [1.165, 1.54) is 0 Å². The van der Waals surface area contributed by atoms with E-state index >= 15 is 0 Å². The van der Waals surface area contributed by atoms with Gasteiger partial charge in [-0.05, 0) is 30.7 Å². The Morgan fingerprint density at radius 3 is 2.65 bits per heavy atom. The van der Waals surface area contributed by atoms with E-state index in [0.29, 0.717) is 15.9 Å². The van der Waals surface area contributed by atoms with Gasteiger partial charge in [-0.2, -0.15) is 0 Å². The average molecular weight is 311 g/mol. The maximum absolute atomic E-state index is 6.27. The van der Waals surface area contributed by atoms with Gasteiger partial charge in [-0.3, -0.25) is 0 Å². The smallest absolute Gasteiger partial charge is 0.212 e. The Morgan fingerprint density at radius 2 is 2.05 bits per heavy atom. The van der Waals surface area contributed by atoms with Crippen LogP contribution in [0.25, 0.3) is 0 Å². The van der Waals surface area contributed by atoms with E-state index in [1.807, 2.05) is 37.5 Å². The van der Waals surface area contributed by atoms with Crippen LogP contribution in [0.1, 0.15) is 17.2 Å². The first-order chi connectivity index (χ1) is 9.65. The van der Waals surface area contributed by atoms with Gasteiger partial charge in [0.1, 0.15) is 0 Å². The van der Waals surface area contributed by atoms with Gasteiger partial charge in [-0.1, -0.05) is 41.4 Å². The first-order valence-electron chi connectivity index (χ1n) is 6.25. The molecule has 1 atom stereocenters. The Labute approximate surface area is 128 Å². The quantitative estimate of drug-likeness (QED) is 0.909. The summed E-state index contributed by atoms with van der Waals surface area (Å²) in [5.41, 5.74) is 2.08. The van der Waals surface area contributed by atoms with E-state index in [1.54, 1.807) is 13.2 Å². The molecule has 1 N–H and O–H groups in total. The zero-order valence-electron chi connectivity index (χ0n) is 11.4. The molecule has 3 nitrogen and oxygen atoms in total. The highest BCUT2D eigenvalue weighted by atomic mass is 35.5. The summed E-state index contributed by atoms with van der Waals surface area (Å²) in [5.74, 6) is 0.607. The summed E-state index contributed by atoms with van der Waals surface area (Å²) in [6.07, 6.45) is 2.58. The molecule has 0 fully saturated rings. The van der Waals surface area contributed by atoms with E-state index in [-0.39, 0.29) is 6.04 Å². The molecule has 1 aromatic heterocycles. The predicted octanol–water partition coefficient (Wildman–Crippen LogP) is 3.90. The maximum Gasteiger partial charge on any atom is 0.212 e. The number of hydrogen-bond acceptors (Lipinski definition) is 3. The first kappa shape index (κ1) is 15.1. The van der Waals surface area contributed by atoms with E-state index < -0.39 is 0 Å². The van der Waals surface area contributed by atoms with Crippen molar-refractivity contribution in [3.8, 4) is 5.88 Å². The number of pyridine rings is 1. The van der Waals surface area contributed by atoms with Gasteiger partial charge < -0.3 is 10.1 Å². The molecule has 106 valence electrons. The Bertz CT molecular complexity index is 573. The average Bonchev–Trinajstić information content (AvgIpc) is 2.48. The zero-order chi connectivity index (χ0) is 14.5. The number of nitrogens with zero attached hydrogens (tertiary/aromatic N) is 1. The highest BCUT2D eigenvalue weighted by Crippen LogP contribution is 2.31. The molecular formula is C15H16Cl2N2O. The molecule has 0 spiro atoms. The minimum atomic E-state index is 0.0800. The third-order valence-electron chi connectivity index (χ3n) is 3.15. The number of halogens is 2. The lowest BCUT2D eigenvalue weighted by atomic mass is 10.00. The molecule has 2 rings (SSSR count). The molecule has 0 saturated carbocycles. The van der Waals surface area contributed by atoms with E-state index in [4.69, 9.17) is 27.9 Å². The van der Waals surface area contributed by atoms with Gasteiger partial charge in [-0.25, -0.2) is 4.98 Å². The van der Waals surface area contributed by atoms with Crippen molar-refractivity contribution in [2.75, 3.05) is 14.2 Å². The number of ether oxygens (including phenoxy) is 1. The Hall–Kier alpha value is -1.29. The lowest BCUT2D eigenvalue weighted by Gasteiger charge is -2.18. The summed E-state index contributed by atoms with van der Waals surface area (Å²) >= 11 is 12.3. The number of likely N-dealkylation sites (N-methyl/N-ethyl adjacent to an activating group) is 1. The molecule has 1 aromatic carbocycles. The lowest BCUT2D eigenvalue weighted by Crippen LogP contribution is -2.19. The fourth-order valence-electron chi connectivity index (χ4n) is 2.05. The van der Waals surface area contributed by atoms with Gasteiger partial charge >= 0.3 is 0 Å². The molecule has 1 unspecified atom stereocenters. The molecular weight excluding hydrogens is 295 g/mol. The minimum absolute atomic E-state index is 0.0800. The van der Waals surface area contributed by atoms with Gasteiger partial charge in [0.05, 0.1) is 17.2 Å². The van der Waals surface area contributed by atoms with Crippen LogP contribution >= 0.6 is 23.2 Å². The van der Waals surface area contributed by atoms with E-state index in [2.05, 4.69) is 10.3 Å². The predicted molar refractivity (Wildman–Crippen MR) is 82.8 cm³/mol. The zero-order valence-corrected chi connectivity index (χ0v) is 12.9. The molecule has 5 heteroatoms. The summed E-state index contributed by atoms with van der Waals surface area (Å²) in [4.78, 5) is 4.21. The minimum Gasteiger partial charge on any atom is -0.481 e. The third kappa shape index (κ3) is 3.42. The summed E-state index contributed by atoms with van der Waals surface area (Å²) in [7, 11) is 3.50. The number of methoxy groups -OCH3 is 1. The van der Waals surface area contributed by atoms with Crippen molar-refractivity contribution in [2.45, 2.75) is 12.5 Å². The highest BCUT2D eigenvalue weighted by Gasteiger charge is 2.15. The standard InChI is InChI=1S/C15H16Cl2N2O/c1-18-13(11-4-3-5-12(16)15(11)17)8-10-6-7-14(20-2)19-9-10/h3-7,9,13,18H,8H2,1-2H3. The SMILES string of the molecule is CNC(Cc1ccc(OC)nc1)c1cccc(Cl)c1Cl. The number of benzene rings is 1. The van der Waals surface area contributed by atoms with Crippen molar-refractivity contribution >= 4 is 23.2 Å². The van der Waals surface area contributed by atoms with Crippen LogP contribution in [0.4, 0.5) is 0 Å². The number of hydrogen-bond donors (Lipinski definition) is 1. The molecule has 0 aliphatic heterocycles. The van der Waals surface area contributed by atoms with E-state index in [9.17, 15) is 0 Å². The Balaban J connectivity index is 2.21. The molecule has 0 bridgehead atoms. The van der Waals surface area contributed by atoms with Gasteiger partial charge in [0.15, 0.2) is 0 Å². The molecule has 20 heavy (non-hydrogen) atoms. The monoisotopic (exact) mass is 310 g/mol. The molecule has 0 radical (unpaired) electrons. The van der Waals surface area contributed by atoms with Crippen LogP contribution in [0, 0.1) is 0 Å². The molecule has 0 aliphatic rings. The number of nitrogens with one attached hydrogen (secondary N) is 1. The first-order valence-corrected chi connectivity index (χ1v) is 7.01. The van der Waals surface area contributed by atoms with Crippen molar-refractivity contribution in [1.29, 1.82) is 0 Å². The molecule has 1 heterocycles. The largest absolute Gasteiger partial charge is 0.481 e. The summed E-state index contributed by atoms with van der Waals surface area (Å²) in [6, 6.07) is 9.59. The highest BCUT2D eigenvalue weighted by molar-refractivity contribution is 6.42. The van der Waals surface area contributed by atoms with Crippen molar-refractivity contribution in [3.05, 3.63) is 57.7 Å². The molecule has 2 aromatic rings. The summed E-state index contributed by atoms with van der Waals surface area (Å²) in [6.45, 7) is 0. The second kappa shape index (κ2) is 6.93. The summed E-state index contributed by atoms with van der Waals surface area (Å²) in [5, 5.41) is 4.42. The normalized spacial score (nSPS) is 12.2. The lowest BCUT2D eigenvalue weighted by molar-refractivity contribution is 0.397. The van der Waals surface area contributed by atoms with E-state index in [0.717, 1.165) is 17.5 Å². The van der Waals surface area contributed by atoms with Crippen molar-refractivity contribution in [1.82, 2.24) is 10.3 Å². The Kier molecular flexibility index (Phi) is 5.24. The number of aromatic nitrogens is 1. The van der Waals surface area contributed by atoms with Crippen LogP contribution in [0.2, 0.25) is 10.0 Å². The molecule has 0 aliphatic carbocycles. The van der Waals surface area contributed by atoms with Crippen LogP contribution in [-0.2, 0) is 6.42 Å². The molecule has 0 amide bonds. The van der Waals surface area contributed by atoms with Crippen LogP contribution in [0.5, 0.6) is 5.88 Å². The fraction of sp³-hybridized carbons (Fsp3) is 0.267. The topological polar surface area (TPSA) is 34.1 Å². The number of rotatable bonds is 5. The van der Waals surface area contributed by atoms with Crippen LogP contribution in [-0.4, -0.2) is 19.1 Å². The second-order valence-electron chi connectivity index (χ2n) is 4.40. The Morgan fingerprint density at radius 1 is 1.25 bits per heavy atom. The van der Waals surface area contributed by atoms with Gasteiger partial charge in [0, 0.05) is 18.3 Å². The molecule has 0 saturated heterocycles. The van der Waals surface area contributed by atoms with Crippen LogP contribution in [0.3, 0.4) is 0 Å². The summed E-state index contributed by atoms with van der Waals surface area (Å²) < 4.78 is 5.05.